The average molecular weight is 363 g/mol. The van der Waals surface area contributed by atoms with Crippen molar-refractivity contribution >= 4 is 35.2 Å². The summed E-state index contributed by atoms with van der Waals surface area (Å²) < 4.78 is 0. The third-order valence-corrected chi connectivity index (χ3v) is 5.84. The van der Waals surface area contributed by atoms with Gasteiger partial charge in [-0.25, -0.2) is 0 Å². The molecule has 0 amide bonds. The van der Waals surface area contributed by atoms with E-state index < -0.39 is 0 Å². The fourth-order valence-corrected chi connectivity index (χ4v) is 4.40. The molecule has 0 saturated carbocycles. The Balaban J connectivity index is 1.86. The highest BCUT2D eigenvalue weighted by atomic mass is 35.5. The van der Waals surface area contributed by atoms with E-state index in [1.165, 1.54) is 0 Å². The van der Waals surface area contributed by atoms with Crippen LogP contribution in [0.25, 0.3) is 6.08 Å². The maximum atomic E-state index is 13.2. The second kappa shape index (κ2) is 6.91. The fraction of sp³-hybridized carbons (Fsp3) is 0.0455. The lowest BCUT2D eigenvalue weighted by Gasteiger charge is -2.26. The number of rotatable bonds is 2. The summed E-state index contributed by atoms with van der Waals surface area (Å²) >= 11 is 7.75. The minimum absolute atomic E-state index is 0.0418. The first-order valence-electron chi connectivity index (χ1n) is 8.05. The Kier molecular flexibility index (Phi) is 4.48. The molecule has 0 bridgehead atoms. The van der Waals surface area contributed by atoms with Gasteiger partial charge < -0.3 is 0 Å². The van der Waals surface area contributed by atoms with Crippen LogP contribution >= 0.6 is 23.4 Å². The molecule has 1 aliphatic heterocycles. The maximum absolute atomic E-state index is 13.2. The molecule has 0 aliphatic carbocycles. The Morgan fingerprint density at radius 2 is 1.52 bits per heavy atom. The van der Waals surface area contributed by atoms with Gasteiger partial charge in [0.1, 0.15) is 0 Å². The van der Waals surface area contributed by atoms with Crippen molar-refractivity contribution in [2.75, 3.05) is 0 Å². The van der Waals surface area contributed by atoms with E-state index >= 15 is 0 Å². The first-order valence-corrected chi connectivity index (χ1v) is 9.30. The molecule has 1 atom stereocenters. The van der Waals surface area contributed by atoms with Crippen LogP contribution in [0.5, 0.6) is 0 Å². The molecule has 3 heteroatoms. The predicted octanol–water partition coefficient (Wildman–Crippen LogP) is 6.45. The first-order chi connectivity index (χ1) is 12.2. The van der Waals surface area contributed by atoms with E-state index in [0.29, 0.717) is 5.02 Å². The molecule has 0 saturated heterocycles. The number of hydrogen-bond acceptors (Lipinski definition) is 2. The summed E-state index contributed by atoms with van der Waals surface area (Å²) in [5.41, 5.74) is 3.70. The van der Waals surface area contributed by atoms with Crippen molar-refractivity contribution in [3.05, 3.63) is 106 Å². The zero-order valence-electron chi connectivity index (χ0n) is 13.4. The zero-order chi connectivity index (χ0) is 17.2. The highest BCUT2D eigenvalue weighted by Crippen LogP contribution is 2.48. The van der Waals surface area contributed by atoms with Gasteiger partial charge in [-0.15, -0.1) is 11.8 Å². The minimum atomic E-state index is -0.0418. The monoisotopic (exact) mass is 362 g/mol. The van der Waals surface area contributed by atoms with Gasteiger partial charge >= 0.3 is 0 Å². The second-order valence-corrected chi connectivity index (χ2v) is 7.47. The second-order valence-electron chi connectivity index (χ2n) is 5.89. The number of carbonyl (C=O) groups excluding carboxylic acids is 1. The van der Waals surface area contributed by atoms with Gasteiger partial charge in [0.2, 0.25) is 0 Å². The number of halogens is 1. The van der Waals surface area contributed by atoms with E-state index in [0.717, 1.165) is 27.2 Å². The SMILES string of the molecule is O=C1/C(=C/c2ccccc2)C(c2ccc(Cl)cc2)Sc2ccccc21. The maximum Gasteiger partial charge on any atom is 0.191 e. The summed E-state index contributed by atoms with van der Waals surface area (Å²) in [6.07, 6.45) is 2.00. The highest BCUT2D eigenvalue weighted by molar-refractivity contribution is 8.00. The summed E-state index contributed by atoms with van der Waals surface area (Å²) in [4.78, 5) is 14.2. The molecule has 0 fully saturated rings. The van der Waals surface area contributed by atoms with E-state index in [2.05, 4.69) is 0 Å². The van der Waals surface area contributed by atoms with Crippen LogP contribution in [0.3, 0.4) is 0 Å². The molecular formula is C22H15ClOS. The van der Waals surface area contributed by atoms with Gasteiger partial charge in [0.25, 0.3) is 0 Å². The van der Waals surface area contributed by atoms with Gasteiger partial charge in [-0.05, 0) is 41.5 Å². The molecule has 4 rings (SSSR count). The van der Waals surface area contributed by atoms with E-state index in [1.807, 2.05) is 84.9 Å². The van der Waals surface area contributed by atoms with E-state index in [9.17, 15) is 4.79 Å². The Morgan fingerprint density at radius 1 is 0.840 bits per heavy atom. The lowest BCUT2D eigenvalue weighted by atomic mass is 9.94. The Morgan fingerprint density at radius 3 is 2.28 bits per heavy atom. The molecule has 1 unspecified atom stereocenters. The van der Waals surface area contributed by atoms with Crippen molar-refractivity contribution in [2.24, 2.45) is 0 Å². The highest BCUT2D eigenvalue weighted by Gasteiger charge is 2.31. The number of ketones is 1. The quantitative estimate of drug-likeness (QED) is 0.487. The molecule has 3 aromatic rings. The van der Waals surface area contributed by atoms with Crippen LogP contribution in [-0.2, 0) is 0 Å². The molecule has 25 heavy (non-hydrogen) atoms. The average Bonchev–Trinajstić information content (AvgIpc) is 2.65. The normalized spacial score (nSPS) is 18.2. The van der Waals surface area contributed by atoms with Crippen LogP contribution in [0.2, 0.25) is 5.02 Å². The first kappa shape index (κ1) is 16.2. The largest absolute Gasteiger partial charge is 0.289 e. The van der Waals surface area contributed by atoms with Crippen LogP contribution in [-0.4, -0.2) is 5.78 Å². The minimum Gasteiger partial charge on any atom is -0.289 e. The van der Waals surface area contributed by atoms with E-state index in [1.54, 1.807) is 11.8 Å². The van der Waals surface area contributed by atoms with Gasteiger partial charge in [0.05, 0.1) is 5.25 Å². The van der Waals surface area contributed by atoms with Crippen molar-refractivity contribution in [1.29, 1.82) is 0 Å². The fourth-order valence-electron chi connectivity index (χ4n) is 2.98. The van der Waals surface area contributed by atoms with Gasteiger partial charge in [-0.2, -0.15) is 0 Å². The zero-order valence-corrected chi connectivity index (χ0v) is 14.9. The molecule has 0 aromatic heterocycles. The molecule has 3 aromatic carbocycles. The lowest BCUT2D eigenvalue weighted by molar-refractivity contribution is 0.102. The van der Waals surface area contributed by atoms with Crippen molar-refractivity contribution in [1.82, 2.24) is 0 Å². The number of fused-ring (bicyclic) bond motifs is 1. The summed E-state index contributed by atoms with van der Waals surface area (Å²) in [5.74, 6) is 0.0955. The van der Waals surface area contributed by atoms with Crippen molar-refractivity contribution < 1.29 is 4.79 Å². The molecule has 1 heterocycles. The number of thioether (sulfide) groups is 1. The predicted molar refractivity (Wildman–Crippen MR) is 105 cm³/mol. The van der Waals surface area contributed by atoms with Crippen LogP contribution < -0.4 is 0 Å². The van der Waals surface area contributed by atoms with Crippen LogP contribution in [0.1, 0.15) is 26.7 Å². The van der Waals surface area contributed by atoms with Crippen LogP contribution in [0, 0.1) is 0 Å². The van der Waals surface area contributed by atoms with Gasteiger partial charge in [0.15, 0.2) is 5.78 Å². The Bertz CT molecular complexity index is 945. The number of Topliss-reactive ketones (excluding diaryl/α,β-unsaturated/α-hetero) is 1. The van der Waals surface area contributed by atoms with Crippen molar-refractivity contribution in [2.45, 2.75) is 10.1 Å². The van der Waals surface area contributed by atoms with Gasteiger partial charge in [-0.1, -0.05) is 66.2 Å². The Hall–Kier alpha value is -2.29. The van der Waals surface area contributed by atoms with Crippen LogP contribution in [0.15, 0.2) is 89.3 Å². The van der Waals surface area contributed by atoms with Gasteiger partial charge in [-0.3, -0.25) is 4.79 Å². The van der Waals surface area contributed by atoms with Crippen molar-refractivity contribution in [3.8, 4) is 0 Å². The van der Waals surface area contributed by atoms with Crippen LogP contribution in [0.4, 0.5) is 0 Å². The molecule has 122 valence electrons. The molecular weight excluding hydrogens is 348 g/mol. The summed E-state index contributed by atoms with van der Waals surface area (Å²) in [5, 5.41) is 0.657. The molecule has 0 N–H and O–H groups in total. The standard InChI is InChI=1S/C22H15ClOS/c23-17-12-10-16(11-13-17)22-19(14-15-6-2-1-3-7-15)21(24)18-8-4-5-9-20(18)25-22/h1-14,22H/b19-14-. The number of carbonyl (C=O) groups is 1. The molecule has 0 spiro atoms. The molecule has 1 nitrogen and oxygen atoms in total. The molecule has 1 aliphatic rings. The van der Waals surface area contributed by atoms with Gasteiger partial charge in [0, 0.05) is 21.1 Å². The topological polar surface area (TPSA) is 17.1 Å². The van der Waals surface area contributed by atoms with Crippen molar-refractivity contribution in [3.63, 3.8) is 0 Å². The number of benzene rings is 3. The third kappa shape index (κ3) is 3.28. The third-order valence-electron chi connectivity index (χ3n) is 4.22. The lowest BCUT2D eigenvalue weighted by Crippen LogP contribution is -2.16. The summed E-state index contributed by atoms with van der Waals surface area (Å²) in [6, 6.07) is 25.5. The summed E-state index contributed by atoms with van der Waals surface area (Å²) in [6.45, 7) is 0. The van der Waals surface area contributed by atoms with E-state index in [-0.39, 0.29) is 11.0 Å². The van der Waals surface area contributed by atoms with E-state index in [4.69, 9.17) is 11.6 Å². The smallest absolute Gasteiger partial charge is 0.191 e. The Labute approximate surface area is 156 Å². The molecule has 0 radical (unpaired) electrons. The number of hydrogen-bond donors (Lipinski definition) is 0. The summed E-state index contributed by atoms with van der Waals surface area (Å²) in [7, 11) is 0.